The largest absolute Gasteiger partial charge is 0.481 e. The molecule has 0 heterocycles. The molecule has 6 heteroatoms. The highest BCUT2D eigenvalue weighted by Gasteiger charge is 2.44. The molecule has 1 saturated carbocycles. The molecule has 1 atom stereocenters. The van der Waals surface area contributed by atoms with E-state index in [1.807, 2.05) is 0 Å². The number of carboxylic acids is 1. The summed E-state index contributed by atoms with van der Waals surface area (Å²) in [6.07, 6.45) is 2.30. The maximum Gasteiger partial charge on any atom is 0.305 e. The van der Waals surface area contributed by atoms with Crippen molar-refractivity contribution in [2.45, 2.75) is 50.5 Å². The quantitative estimate of drug-likeness (QED) is 0.878. The highest BCUT2D eigenvalue weighted by Crippen LogP contribution is 2.42. The van der Waals surface area contributed by atoms with Gasteiger partial charge in [0.25, 0.3) is 0 Å². The van der Waals surface area contributed by atoms with E-state index >= 15 is 0 Å². The van der Waals surface area contributed by atoms with Crippen LogP contribution in [0.4, 0.5) is 8.78 Å². The average molecular weight is 311 g/mol. The fraction of sp³-hybridized carbons (Fsp3) is 0.500. The molecule has 120 valence electrons. The second-order valence-corrected chi connectivity index (χ2v) is 5.89. The van der Waals surface area contributed by atoms with Gasteiger partial charge in [0.2, 0.25) is 5.91 Å². The standard InChI is InChI=1S/C16H19F2NO3/c1-10(8-14(20)21)19-15(22)16(6-2-3-7-16)12-5-4-11(17)9-13(12)18/h4-5,9-10H,2-3,6-8H2,1H3,(H,19,22)(H,20,21). The molecule has 1 fully saturated rings. The van der Waals surface area contributed by atoms with Crippen LogP contribution in [-0.2, 0) is 15.0 Å². The summed E-state index contributed by atoms with van der Waals surface area (Å²) in [5.41, 5.74) is -0.851. The molecule has 0 saturated heterocycles. The molecule has 0 aromatic heterocycles. The van der Waals surface area contributed by atoms with Crippen LogP contribution in [-0.4, -0.2) is 23.0 Å². The third-order valence-electron chi connectivity index (χ3n) is 4.20. The number of hydrogen-bond donors (Lipinski definition) is 2. The van der Waals surface area contributed by atoms with Crippen LogP contribution in [0.25, 0.3) is 0 Å². The summed E-state index contributed by atoms with van der Waals surface area (Å²) in [6, 6.07) is 2.69. The van der Waals surface area contributed by atoms with E-state index in [1.54, 1.807) is 6.92 Å². The lowest BCUT2D eigenvalue weighted by Gasteiger charge is -2.30. The summed E-state index contributed by atoms with van der Waals surface area (Å²) in [7, 11) is 0. The highest BCUT2D eigenvalue weighted by molar-refractivity contribution is 5.89. The second kappa shape index (κ2) is 6.42. The first-order valence-corrected chi connectivity index (χ1v) is 7.33. The van der Waals surface area contributed by atoms with Gasteiger partial charge in [-0.15, -0.1) is 0 Å². The molecule has 0 bridgehead atoms. The number of nitrogens with one attached hydrogen (secondary N) is 1. The van der Waals surface area contributed by atoms with E-state index in [0.29, 0.717) is 12.8 Å². The molecule has 1 unspecified atom stereocenters. The third-order valence-corrected chi connectivity index (χ3v) is 4.20. The molecule has 1 aliphatic carbocycles. The lowest BCUT2D eigenvalue weighted by Crippen LogP contribution is -2.47. The fourth-order valence-electron chi connectivity index (χ4n) is 3.15. The molecule has 2 rings (SSSR count). The van der Waals surface area contributed by atoms with Gasteiger partial charge in [-0.25, -0.2) is 8.78 Å². The van der Waals surface area contributed by atoms with Crippen LogP contribution >= 0.6 is 0 Å². The third kappa shape index (κ3) is 3.26. The molecule has 2 N–H and O–H groups in total. The van der Waals surface area contributed by atoms with Crippen LogP contribution in [0, 0.1) is 11.6 Å². The normalized spacial score (nSPS) is 18.0. The number of aliphatic carboxylic acids is 1. The number of carboxylic acid groups (broad SMARTS) is 1. The topological polar surface area (TPSA) is 66.4 Å². The van der Waals surface area contributed by atoms with Crippen molar-refractivity contribution >= 4 is 11.9 Å². The van der Waals surface area contributed by atoms with Crippen LogP contribution in [0.1, 0.15) is 44.6 Å². The van der Waals surface area contributed by atoms with E-state index < -0.39 is 29.1 Å². The highest BCUT2D eigenvalue weighted by atomic mass is 19.1. The Bertz CT molecular complexity index is 583. The summed E-state index contributed by atoms with van der Waals surface area (Å²) < 4.78 is 27.2. The molecule has 22 heavy (non-hydrogen) atoms. The SMILES string of the molecule is CC(CC(=O)O)NC(=O)C1(c2ccc(F)cc2F)CCCC1. The van der Waals surface area contributed by atoms with Gasteiger partial charge in [0, 0.05) is 17.7 Å². The van der Waals surface area contributed by atoms with E-state index in [0.717, 1.165) is 25.0 Å². The van der Waals surface area contributed by atoms with Crippen LogP contribution in [0.3, 0.4) is 0 Å². The number of amides is 1. The first kappa shape index (κ1) is 16.4. The van der Waals surface area contributed by atoms with Gasteiger partial charge in [-0.1, -0.05) is 18.9 Å². The Hall–Kier alpha value is -1.98. The Morgan fingerprint density at radius 1 is 1.32 bits per heavy atom. The van der Waals surface area contributed by atoms with Crippen molar-refractivity contribution < 1.29 is 23.5 Å². The molecule has 1 aliphatic rings. The minimum Gasteiger partial charge on any atom is -0.481 e. The van der Waals surface area contributed by atoms with Gasteiger partial charge in [0.05, 0.1) is 11.8 Å². The van der Waals surface area contributed by atoms with E-state index in [9.17, 15) is 18.4 Å². The maximum absolute atomic E-state index is 14.1. The summed E-state index contributed by atoms with van der Waals surface area (Å²) in [4.78, 5) is 23.3. The summed E-state index contributed by atoms with van der Waals surface area (Å²) >= 11 is 0. The number of carbonyl (C=O) groups excluding carboxylic acids is 1. The Kier molecular flexibility index (Phi) is 4.78. The predicted molar refractivity (Wildman–Crippen MR) is 76.4 cm³/mol. The average Bonchev–Trinajstić information content (AvgIpc) is 2.87. The molecule has 1 amide bonds. The minimum absolute atomic E-state index is 0.187. The number of halogens is 2. The van der Waals surface area contributed by atoms with Crippen molar-refractivity contribution in [1.82, 2.24) is 5.32 Å². The molecule has 1 aromatic rings. The van der Waals surface area contributed by atoms with Crippen LogP contribution < -0.4 is 5.32 Å². The summed E-state index contributed by atoms with van der Waals surface area (Å²) in [6.45, 7) is 1.59. The van der Waals surface area contributed by atoms with Gasteiger partial charge in [0.15, 0.2) is 0 Å². The zero-order valence-electron chi connectivity index (χ0n) is 12.4. The Morgan fingerprint density at radius 2 is 1.95 bits per heavy atom. The van der Waals surface area contributed by atoms with Crippen molar-refractivity contribution in [3.8, 4) is 0 Å². The maximum atomic E-state index is 14.1. The van der Waals surface area contributed by atoms with E-state index in [1.165, 1.54) is 6.07 Å². The first-order valence-electron chi connectivity index (χ1n) is 7.33. The number of carbonyl (C=O) groups is 2. The first-order chi connectivity index (χ1) is 10.3. The van der Waals surface area contributed by atoms with Crippen molar-refractivity contribution in [1.29, 1.82) is 0 Å². The monoisotopic (exact) mass is 311 g/mol. The van der Waals surface area contributed by atoms with Gasteiger partial charge in [0.1, 0.15) is 11.6 Å². The molecule has 4 nitrogen and oxygen atoms in total. The van der Waals surface area contributed by atoms with Crippen LogP contribution in [0.5, 0.6) is 0 Å². The van der Waals surface area contributed by atoms with Gasteiger partial charge >= 0.3 is 5.97 Å². The predicted octanol–water partition coefficient (Wildman–Crippen LogP) is 2.76. The number of hydrogen-bond acceptors (Lipinski definition) is 2. The molecular weight excluding hydrogens is 292 g/mol. The van der Waals surface area contributed by atoms with E-state index in [2.05, 4.69) is 5.32 Å². The van der Waals surface area contributed by atoms with Crippen molar-refractivity contribution in [3.63, 3.8) is 0 Å². The van der Waals surface area contributed by atoms with Gasteiger partial charge < -0.3 is 10.4 Å². The lowest BCUT2D eigenvalue weighted by atomic mass is 9.77. The molecular formula is C16H19F2NO3. The van der Waals surface area contributed by atoms with E-state index in [-0.39, 0.29) is 17.9 Å². The molecule has 0 radical (unpaired) electrons. The summed E-state index contributed by atoms with van der Waals surface area (Å²) in [5.74, 6) is -2.82. The van der Waals surface area contributed by atoms with Crippen molar-refractivity contribution in [3.05, 3.63) is 35.4 Å². The number of benzene rings is 1. The van der Waals surface area contributed by atoms with Gasteiger partial charge in [-0.3, -0.25) is 9.59 Å². The molecule has 0 spiro atoms. The smallest absolute Gasteiger partial charge is 0.305 e. The molecule has 0 aliphatic heterocycles. The van der Waals surface area contributed by atoms with Gasteiger partial charge in [-0.2, -0.15) is 0 Å². The van der Waals surface area contributed by atoms with Crippen LogP contribution in [0.15, 0.2) is 18.2 Å². The molecule has 1 aromatic carbocycles. The second-order valence-electron chi connectivity index (χ2n) is 5.89. The summed E-state index contributed by atoms with van der Waals surface area (Å²) in [5, 5.41) is 11.4. The zero-order chi connectivity index (χ0) is 16.3. The zero-order valence-corrected chi connectivity index (χ0v) is 12.4. The Balaban J connectivity index is 2.28. The Morgan fingerprint density at radius 3 is 2.50 bits per heavy atom. The Labute approximate surface area is 127 Å². The fourth-order valence-corrected chi connectivity index (χ4v) is 3.15. The lowest BCUT2D eigenvalue weighted by molar-refractivity contribution is -0.137. The van der Waals surface area contributed by atoms with Crippen molar-refractivity contribution in [2.24, 2.45) is 0 Å². The number of rotatable bonds is 5. The van der Waals surface area contributed by atoms with E-state index in [4.69, 9.17) is 5.11 Å². The van der Waals surface area contributed by atoms with Gasteiger partial charge in [-0.05, 0) is 25.8 Å². The minimum atomic E-state index is -1.04. The van der Waals surface area contributed by atoms with Crippen molar-refractivity contribution in [2.75, 3.05) is 0 Å². The van der Waals surface area contributed by atoms with Crippen LogP contribution in [0.2, 0.25) is 0 Å².